The van der Waals surface area contributed by atoms with E-state index in [1.807, 2.05) is 0 Å². The lowest BCUT2D eigenvalue weighted by atomic mass is 10.2. The average molecular weight is 229 g/mol. The fourth-order valence-electron chi connectivity index (χ4n) is 1.30. The predicted octanol–water partition coefficient (Wildman–Crippen LogP) is 2.19. The van der Waals surface area contributed by atoms with Crippen LogP contribution in [0.2, 0.25) is 0 Å². The molecule has 2 aromatic carbocycles. The minimum atomic E-state index is -0.477. The molecular weight excluding hydrogens is 218 g/mol. The van der Waals surface area contributed by atoms with Gasteiger partial charge in [0.05, 0.1) is 5.56 Å². The van der Waals surface area contributed by atoms with Crippen molar-refractivity contribution in [3.8, 4) is 11.5 Å². The number of nitrogen functional groups attached to an aromatic ring is 1. The van der Waals surface area contributed by atoms with Gasteiger partial charge in [-0.15, -0.1) is 0 Å². The van der Waals surface area contributed by atoms with Crippen LogP contribution in [0.3, 0.4) is 0 Å². The maximum atomic E-state index is 11.7. The highest BCUT2D eigenvalue weighted by atomic mass is 16.5. The van der Waals surface area contributed by atoms with E-state index in [-0.39, 0.29) is 5.75 Å². The first kappa shape index (κ1) is 11.0. The van der Waals surface area contributed by atoms with E-state index < -0.39 is 5.97 Å². The number of rotatable bonds is 2. The van der Waals surface area contributed by atoms with Crippen molar-refractivity contribution < 1.29 is 14.6 Å². The SMILES string of the molecule is Nc1ccc(OC(=O)c2ccc(O)cc2)cc1. The molecule has 0 aliphatic carbocycles. The Morgan fingerprint density at radius 3 is 2.18 bits per heavy atom. The van der Waals surface area contributed by atoms with Crippen LogP contribution in [0.1, 0.15) is 10.4 Å². The van der Waals surface area contributed by atoms with Crippen LogP contribution in [-0.4, -0.2) is 11.1 Å². The molecule has 2 rings (SSSR count). The number of benzene rings is 2. The molecule has 0 atom stereocenters. The van der Waals surface area contributed by atoms with Gasteiger partial charge in [0.1, 0.15) is 11.5 Å². The average Bonchev–Trinajstić information content (AvgIpc) is 2.33. The second-order valence-corrected chi connectivity index (χ2v) is 3.51. The van der Waals surface area contributed by atoms with E-state index >= 15 is 0 Å². The first-order valence-corrected chi connectivity index (χ1v) is 5.02. The first-order chi connectivity index (χ1) is 8.15. The van der Waals surface area contributed by atoms with Crippen LogP contribution < -0.4 is 10.5 Å². The van der Waals surface area contributed by atoms with Crippen LogP contribution >= 0.6 is 0 Å². The first-order valence-electron chi connectivity index (χ1n) is 5.02. The molecule has 0 unspecified atom stereocenters. The molecule has 3 N–H and O–H groups in total. The number of aromatic hydroxyl groups is 1. The molecule has 0 heterocycles. The lowest BCUT2D eigenvalue weighted by Gasteiger charge is -2.04. The van der Waals surface area contributed by atoms with E-state index in [1.165, 1.54) is 24.3 Å². The summed E-state index contributed by atoms with van der Waals surface area (Å²) in [6.07, 6.45) is 0. The zero-order valence-electron chi connectivity index (χ0n) is 8.96. The number of hydrogen-bond acceptors (Lipinski definition) is 4. The van der Waals surface area contributed by atoms with Gasteiger partial charge in [0.2, 0.25) is 0 Å². The van der Waals surface area contributed by atoms with Gasteiger partial charge in [-0.05, 0) is 48.5 Å². The molecule has 2 aromatic rings. The molecule has 0 fully saturated rings. The molecule has 4 nitrogen and oxygen atoms in total. The van der Waals surface area contributed by atoms with Crippen molar-refractivity contribution in [2.45, 2.75) is 0 Å². The molecule has 17 heavy (non-hydrogen) atoms. The third-order valence-electron chi connectivity index (χ3n) is 2.19. The summed E-state index contributed by atoms with van der Waals surface area (Å²) in [4.78, 5) is 11.7. The van der Waals surface area contributed by atoms with Gasteiger partial charge in [0.15, 0.2) is 0 Å². The van der Waals surface area contributed by atoms with Gasteiger partial charge in [-0.2, -0.15) is 0 Å². The zero-order chi connectivity index (χ0) is 12.3. The van der Waals surface area contributed by atoms with Gasteiger partial charge in [0.25, 0.3) is 0 Å². The van der Waals surface area contributed by atoms with Crippen molar-refractivity contribution in [2.24, 2.45) is 0 Å². The molecule has 0 aliphatic heterocycles. The van der Waals surface area contributed by atoms with Gasteiger partial charge >= 0.3 is 5.97 Å². The minimum Gasteiger partial charge on any atom is -0.508 e. The maximum absolute atomic E-state index is 11.7. The Morgan fingerprint density at radius 2 is 1.59 bits per heavy atom. The molecule has 86 valence electrons. The highest BCUT2D eigenvalue weighted by Gasteiger charge is 2.07. The Labute approximate surface area is 98.3 Å². The molecule has 0 saturated heterocycles. The molecule has 0 radical (unpaired) electrons. The van der Waals surface area contributed by atoms with Crippen molar-refractivity contribution in [1.29, 1.82) is 0 Å². The van der Waals surface area contributed by atoms with E-state index in [9.17, 15) is 4.79 Å². The van der Waals surface area contributed by atoms with Gasteiger partial charge < -0.3 is 15.6 Å². The van der Waals surface area contributed by atoms with Crippen molar-refractivity contribution in [3.05, 3.63) is 54.1 Å². The van der Waals surface area contributed by atoms with E-state index in [1.54, 1.807) is 24.3 Å². The minimum absolute atomic E-state index is 0.106. The van der Waals surface area contributed by atoms with E-state index in [0.717, 1.165) is 0 Å². The number of nitrogens with two attached hydrogens (primary N) is 1. The number of phenols is 1. The summed E-state index contributed by atoms with van der Waals surface area (Å²) in [6.45, 7) is 0. The van der Waals surface area contributed by atoms with Gasteiger partial charge in [-0.1, -0.05) is 0 Å². The molecule has 0 aromatic heterocycles. The third-order valence-corrected chi connectivity index (χ3v) is 2.19. The number of carbonyl (C=O) groups excluding carboxylic acids is 1. The Kier molecular flexibility index (Phi) is 2.96. The van der Waals surface area contributed by atoms with Crippen molar-refractivity contribution in [1.82, 2.24) is 0 Å². The van der Waals surface area contributed by atoms with E-state index in [0.29, 0.717) is 17.0 Å². The number of phenolic OH excluding ortho intramolecular Hbond substituents is 1. The maximum Gasteiger partial charge on any atom is 0.343 e. The third kappa shape index (κ3) is 2.75. The largest absolute Gasteiger partial charge is 0.508 e. The summed E-state index contributed by atoms with van der Waals surface area (Å²) in [6, 6.07) is 12.4. The summed E-state index contributed by atoms with van der Waals surface area (Å²) in [5.41, 5.74) is 6.50. The van der Waals surface area contributed by atoms with Crippen molar-refractivity contribution in [3.63, 3.8) is 0 Å². The van der Waals surface area contributed by atoms with Crippen LogP contribution in [0.15, 0.2) is 48.5 Å². The topological polar surface area (TPSA) is 72.5 Å². The number of esters is 1. The quantitative estimate of drug-likeness (QED) is 0.470. The Balaban J connectivity index is 2.11. The standard InChI is InChI=1S/C13H11NO3/c14-10-3-7-12(8-4-10)17-13(16)9-1-5-11(15)6-2-9/h1-8,15H,14H2. The summed E-state index contributed by atoms with van der Waals surface area (Å²) in [5.74, 6) is 0.0566. The lowest BCUT2D eigenvalue weighted by Crippen LogP contribution is -2.08. The lowest BCUT2D eigenvalue weighted by molar-refractivity contribution is 0.0735. The Bertz CT molecular complexity index is 517. The molecular formula is C13H11NO3. The summed E-state index contributed by atoms with van der Waals surface area (Å²) in [5, 5.41) is 9.09. The number of ether oxygens (including phenoxy) is 1. The number of hydrogen-bond donors (Lipinski definition) is 2. The molecule has 0 saturated carbocycles. The molecule has 4 heteroatoms. The molecule has 0 spiro atoms. The van der Waals surface area contributed by atoms with Crippen molar-refractivity contribution in [2.75, 3.05) is 5.73 Å². The summed E-state index contributed by atoms with van der Waals surface area (Å²) in [7, 11) is 0. The van der Waals surface area contributed by atoms with Crippen LogP contribution in [0.25, 0.3) is 0 Å². The Morgan fingerprint density at radius 1 is 1.00 bits per heavy atom. The number of anilines is 1. The highest BCUT2D eigenvalue weighted by Crippen LogP contribution is 2.16. The van der Waals surface area contributed by atoms with Gasteiger partial charge in [-0.3, -0.25) is 0 Å². The van der Waals surface area contributed by atoms with E-state index in [2.05, 4.69) is 0 Å². The second-order valence-electron chi connectivity index (χ2n) is 3.51. The molecule has 0 bridgehead atoms. The smallest absolute Gasteiger partial charge is 0.343 e. The fraction of sp³-hybridized carbons (Fsp3) is 0. The molecule has 0 aliphatic rings. The van der Waals surface area contributed by atoms with Gasteiger partial charge in [0, 0.05) is 5.69 Å². The predicted molar refractivity (Wildman–Crippen MR) is 63.9 cm³/mol. The van der Waals surface area contributed by atoms with E-state index in [4.69, 9.17) is 15.6 Å². The van der Waals surface area contributed by atoms with Crippen molar-refractivity contribution >= 4 is 11.7 Å². The van der Waals surface area contributed by atoms with Crippen LogP contribution in [0, 0.1) is 0 Å². The monoisotopic (exact) mass is 229 g/mol. The summed E-state index contributed by atoms with van der Waals surface area (Å²) >= 11 is 0. The normalized spacial score (nSPS) is 9.88. The fourth-order valence-corrected chi connectivity index (χ4v) is 1.30. The zero-order valence-corrected chi connectivity index (χ0v) is 8.96. The molecule has 0 amide bonds. The number of carbonyl (C=O) groups is 1. The van der Waals surface area contributed by atoms with Crippen LogP contribution in [0.5, 0.6) is 11.5 Å². The summed E-state index contributed by atoms with van der Waals surface area (Å²) < 4.78 is 5.12. The Hall–Kier alpha value is -2.49. The van der Waals surface area contributed by atoms with Crippen LogP contribution in [-0.2, 0) is 0 Å². The second kappa shape index (κ2) is 4.57. The van der Waals surface area contributed by atoms with Crippen LogP contribution in [0.4, 0.5) is 5.69 Å². The van der Waals surface area contributed by atoms with Gasteiger partial charge in [-0.25, -0.2) is 4.79 Å². The highest BCUT2D eigenvalue weighted by molar-refractivity contribution is 5.91.